The molecule has 2 aromatic carbocycles. The number of hydrogen-bond acceptors (Lipinski definition) is 5. The number of carbonyl (C=O) groups is 1. The van der Waals surface area contributed by atoms with E-state index >= 15 is 0 Å². The van der Waals surface area contributed by atoms with Crippen LogP contribution in [0.3, 0.4) is 0 Å². The summed E-state index contributed by atoms with van der Waals surface area (Å²) >= 11 is 0. The monoisotopic (exact) mass is 385 g/mol. The molecular weight excluding hydrogens is 360 g/mol. The van der Waals surface area contributed by atoms with Gasteiger partial charge >= 0.3 is 0 Å². The van der Waals surface area contributed by atoms with E-state index in [0.29, 0.717) is 5.69 Å². The van der Waals surface area contributed by atoms with Crippen LogP contribution in [0.25, 0.3) is 0 Å². The molecule has 1 aliphatic heterocycles. The van der Waals surface area contributed by atoms with Gasteiger partial charge < -0.3 is 19.9 Å². The fourth-order valence-electron chi connectivity index (χ4n) is 3.49. The van der Waals surface area contributed by atoms with Crippen LogP contribution in [-0.4, -0.2) is 50.2 Å². The smallest absolute Gasteiger partial charge is 0.282 e. The highest BCUT2D eigenvalue weighted by atomic mass is 16.6. The molecule has 148 valence electrons. The van der Waals surface area contributed by atoms with Crippen LogP contribution < -0.4 is 19.9 Å². The van der Waals surface area contributed by atoms with Crippen molar-refractivity contribution >= 4 is 23.0 Å². The molecular formula is C20H25N4O4+. The Kier molecular flexibility index (Phi) is 6.10. The summed E-state index contributed by atoms with van der Waals surface area (Å²) in [6.07, 6.45) is 0. The van der Waals surface area contributed by atoms with Crippen molar-refractivity contribution in [2.24, 2.45) is 0 Å². The minimum Gasteiger partial charge on any atom is -0.495 e. The van der Waals surface area contributed by atoms with Crippen LogP contribution in [0.1, 0.15) is 6.92 Å². The first kappa shape index (κ1) is 19.6. The average Bonchev–Trinajstić information content (AvgIpc) is 2.73. The molecule has 1 amide bonds. The molecule has 2 aromatic rings. The molecule has 0 aromatic heterocycles. The Bertz CT molecular complexity index is 850. The molecule has 1 fully saturated rings. The third-order valence-electron chi connectivity index (χ3n) is 5.16. The predicted molar refractivity (Wildman–Crippen MR) is 107 cm³/mol. The fraction of sp³-hybridized carbons (Fsp3) is 0.350. The average molecular weight is 385 g/mol. The highest BCUT2D eigenvalue weighted by Gasteiger charge is 2.30. The molecule has 8 nitrogen and oxygen atoms in total. The summed E-state index contributed by atoms with van der Waals surface area (Å²) in [6.45, 7) is 5.18. The summed E-state index contributed by atoms with van der Waals surface area (Å²) in [4.78, 5) is 26.5. The molecule has 0 radical (unpaired) electrons. The van der Waals surface area contributed by atoms with Crippen molar-refractivity contribution in [3.05, 3.63) is 58.6 Å². The Labute approximate surface area is 163 Å². The van der Waals surface area contributed by atoms with Gasteiger partial charge in [0.15, 0.2) is 6.04 Å². The van der Waals surface area contributed by atoms with Crippen LogP contribution >= 0.6 is 0 Å². The molecule has 0 saturated carbocycles. The van der Waals surface area contributed by atoms with Gasteiger partial charge in [-0.05, 0) is 25.1 Å². The minimum atomic E-state index is -0.471. The van der Waals surface area contributed by atoms with E-state index in [0.717, 1.165) is 37.6 Å². The van der Waals surface area contributed by atoms with Crippen LogP contribution in [0.4, 0.5) is 17.1 Å². The number of rotatable bonds is 6. The van der Waals surface area contributed by atoms with Crippen molar-refractivity contribution in [2.45, 2.75) is 13.0 Å². The van der Waals surface area contributed by atoms with E-state index in [2.05, 4.69) is 10.2 Å². The van der Waals surface area contributed by atoms with Gasteiger partial charge in [-0.15, -0.1) is 0 Å². The highest BCUT2D eigenvalue weighted by Crippen LogP contribution is 2.27. The van der Waals surface area contributed by atoms with E-state index in [-0.39, 0.29) is 17.6 Å². The van der Waals surface area contributed by atoms with Crippen LogP contribution in [0.5, 0.6) is 5.75 Å². The molecule has 8 heteroatoms. The SMILES string of the molecule is COc1ccccc1N1CC[NH+]([C@@H](C)C(=O)Nc2cccc([N+](=O)[O-])c2)CC1. The second-order valence-corrected chi connectivity index (χ2v) is 6.84. The maximum absolute atomic E-state index is 12.6. The number of amides is 1. The van der Waals surface area contributed by atoms with Gasteiger partial charge in [-0.2, -0.15) is 0 Å². The number of nitrogens with one attached hydrogen (secondary N) is 2. The first-order valence-electron chi connectivity index (χ1n) is 9.27. The molecule has 3 rings (SSSR count). The lowest BCUT2D eigenvalue weighted by atomic mass is 10.2. The van der Waals surface area contributed by atoms with E-state index in [1.165, 1.54) is 17.0 Å². The molecule has 1 atom stereocenters. The number of carbonyl (C=O) groups excluding carboxylic acids is 1. The first-order chi connectivity index (χ1) is 13.5. The van der Waals surface area contributed by atoms with Gasteiger partial charge in [0.05, 0.1) is 43.9 Å². The number of piperazine rings is 1. The Morgan fingerprint density at radius 2 is 1.93 bits per heavy atom. The third-order valence-corrected chi connectivity index (χ3v) is 5.16. The first-order valence-corrected chi connectivity index (χ1v) is 9.27. The van der Waals surface area contributed by atoms with Gasteiger partial charge in [-0.1, -0.05) is 18.2 Å². The number of nitro benzene ring substituents is 1. The molecule has 0 bridgehead atoms. The van der Waals surface area contributed by atoms with Gasteiger partial charge in [-0.25, -0.2) is 0 Å². The lowest BCUT2D eigenvalue weighted by Crippen LogP contribution is -3.19. The summed E-state index contributed by atoms with van der Waals surface area (Å²) in [7, 11) is 1.67. The number of nitrogens with zero attached hydrogens (tertiary/aromatic N) is 2. The number of quaternary nitrogens is 1. The molecule has 0 spiro atoms. The number of hydrogen-bond donors (Lipinski definition) is 2. The van der Waals surface area contributed by atoms with Gasteiger partial charge in [0.1, 0.15) is 5.75 Å². The maximum atomic E-state index is 12.6. The van der Waals surface area contributed by atoms with Crippen molar-refractivity contribution in [3.63, 3.8) is 0 Å². The predicted octanol–water partition coefficient (Wildman–Crippen LogP) is 1.34. The Hall–Kier alpha value is -3.13. The zero-order chi connectivity index (χ0) is 20.1. The van der Waals surface area contributed by atoms with Crippen LogP contribution in [-0.2, 0) is 4.79 Å². The summed E-state index contributed by atoms with van der Waals surface area (Å²) in [5, 5.41) is 13.7. The molecule has 1 aliphatic rings. The molecule has 2 N–H and O–H groups in total. The standard InChI is InChI=1S/C20H24N4O4/c1-15(20(25)21-16-6-5-7-17(14-16)24(26)27)22-10-12-23(13-11-22)18-8-3-4-9-19(18)28-2/h3-9,14-15H,10-13H2,1-2H3,(H,21,25)/p+1/t15-/m0/s1. The summed E-state index contributed by atoms with van der Waals surface area (Å²) in [6, 6.07) is 13.7. The quantitative estimate of drug-likeness (QED) is 0.579. The normalized spacial score (nSPS) is 15.7. The topological polar surface area (TPSA) is 89.2 Å². The molecule has 1 heterocycles. The number of ether oxygens (including phenoxy) is 1. The Morgan fingerprint density at radius 1 is 1.21 bits per heavy atom. The summed E-state index contributed by atoms with van der Waals surface area (Å²) < 4.78 is 5.44. The van der Waals surface area contributed by atoms with Crippen LogP contribution in [0, 0.1) is 10.1 Å². The van der Waals surface area contributed by atoms with Gasteiger partial charge in [0, 0.05) is 17.8 Å². The number of nitro groups is 1. The van der Waals surface area contributed by atoms with Crippen molar-refractivity contribution < 1.29 is 19.4 Å². The largest absolute Gasteiger partial charge is 0.495 e. The Morgan fingerprint density at radius 3 is 2.61 bits per heavy atom. The Balaban J connectivity index is 1.59. The second kappa shape index (κ2) is 8.71. The van der Waals surface area contributed by atoms with Crippen LogP contribution in [0.15, 0.2) is 48.5 Å². The lowest BCUT2D eigenvalue weighted by molar-refractivity contribution is -0.914. The van der Waals surface area contributed by atoms with Crippen molar-refractivity contribution in [2.75, 3.05) is 43.5 Å². The zero-order valence-electron chi connectivity index (χ0n) is 16.1. The fourth-order valence-corrected chi connectivity index (χ4v) is 3.49. The van der Waals surface area contributed by atoms with Gasteiger partial charge in [-0.3, -0.25) is 14.9 Å². The second-order valence-electron chi connectivity index (χ2n) is 6.84. The van der Waals surface area contributed by atoms with Gasteiger partial charge in [0.25, 0.3) is 11.6 Å². The van der Waals surface area contributed by atoms with E-state index in [1.807, 2.05) is 31.2 Å². The third kappa shape index (κ3) is 4.40. The van der Waals surface area contributed by atoms with E-state index < -0.39 is 4.92 Å². The molecule has 1 saturated heterocycles. The molecule has 28 heavy (non-hydrogen) atoms. The number of non-ortho nitro benzene ring substituents is 1. The molecule has 0 unspecified atom stereocenters. The van der Waals surface area contributed by atoms with Crippen molar-refractivity contribution in [1.29, 1.82) is 0 Å². The van der Waals surface area contributed by atoms with E-state index in [9.17, 15) is 14.9 Å². The van der Waals surface area contributed by atoms with E-state index in [1.54, 1.807) is 19.2 Å². The van der Waals surface area contributed by atoms with Crippen molar-refractivity contribution in [3.8, 4) is 5.75 Å². The van der Waals surface area contributed by atoms with E-state index in [4.69, 9.17) is 4.74 Å². The zero-order valence-corrected chi connectivity index (χ0v) is 16.1. The number of anilines is 2. The summed E-state index contributed by atoms with van der Waals surface area (Å²) in [5.41, 5.74) is 1.47. The van der Waals surface area contributed by atoms with Crippen LogP contribution in [0.2, 0.25) is 0 Å². The maximum Gasteiger partial charge on any atom is 0.282 e. The number of para-hydroxylation sites is 2. The lowest BCUT2D eigenvalue weighted by Gasteiger charge is -2.36. The summed E-state index contributed by atoms with van der Waals surface area (Å²) in [5.74, 6) is 0.712. The number of methoxy groups -OCH3 is 1. The van der Waals surface area contributed by atoms with Crippen molar-refractivity contribution in [1.82, 2.24) is 0 Å². The number of benzene rings is 2. The molecule has 0 aliphatic carbocycles. The van der Waals surface area contributed by atoms with Gasteiger partial charge in [0.2, 0.25) is 0 Å². The highest BCUT2D eigenvalue weighted by molar-refractivity contribution is 5.93. The minimum absolute atomic E-state index is 0.0387.